The van der Waals surface area contributed by atoms with Gasteiger partial charge in [0.2, 0.25) is 0 Å². The summed E-state index contributed by atoms with van der Waals surface area (Å²) < 4.78 is 32.6. The summed E-state index contributed by atoms with van der Waals surface area (Å²) in [7, 11) is -2.21. The van der Waals surface area contributed by atoms with E-state index in [-0.39, 0.29) is 10.8 Å². The monoisotopic (exact) mass is 382 g/mol. The molecule has 0 unspecified atom stereocenters. The standard InChI is InChI=1S/C20H18N2O4S/c1-26-19-13-6-5-12-18(19)21-20(23)15-8-7-9-16(14-15)22-27(24,25)17-10-3-2-4-11-17/h2-14,22H,1H3,(H,21,23). The van der Waals surface area contributed by atoms with Gasteiger partial charge in [0.25, 0.3) is 15.9 Å². The minimum atomic E-state index is -3.73. The van der Waals surface area contributed by atoms with Gasteiger partial charge in [0.15, 0.2) is 0 Å². The van der Waals surface area contributed by atoms with Gasteiger partial charge < -0.3 is 10.1 Å². The molecule has 1 amide bonds. The van der Waals surface area contributed by atoms with Gasteiger partial charge >= 0.3 is 0 Å². The molecular formula is C20H18N2O4S. The molecule has 3 aromatic carbocycles. The number of methoxy groups -OCH3 is 1. The van der Waals surface area contributed by atoms with E-state index in [1.807, 2.05) is 0 Å². The Kier molecular flexibility index (Phi) is 5.42. The van der Waals surface area contributed by atoms with Crippen LogP contribution in [0.25, 0.3) is 0 Å². The molecule has 0 aromatic heterocycles. The summed E-state index contributed by atoms with van der Waals surface area (Å²) in [6.45, 7) is 0. The summed E-state index contributed by atoms with van der Waals surface area (Å²) >= 11 is 0. The van der Waals surface area contributed by atoms with Gasteiger partial charge in [-0.2, -0.15) is 0 Å². The van der Waals surface area contributed by atoms with E-state index in [2.05, 4.69) is 10.0 Å². The Bertz CT molecular complexity index is 1050. The SMILES string of the molecule is COc1ccccc1NC(=O)c1cccc(NS(=O)(=O)c2ccccc2)c1. The van der Waals surface area contributed by atoms with Crippen molar-refractivity contribution in [3.05, 3.63) is 84.4 Å². The van der Waals surface area contributed by atoms with Crippen molar-refractivity contribution >= 4 is 27.3 Å². The molecule has 27 heavy (non-hydrogen) atoms. The molecule has 0 heterocycles. The van der Waals surface area contributed by atoms with E-state index in [1.165, 1.54) is 25.3 Å². The number of carbonyl (C=O) groups excluding carboxylic acids is 1. The number of amides is 1. The van der Waals surface area contributed by atoms with E-state index in [0.717, 1.165) is 0 Å². The Morgan fingerprint density at radius 2 is 1.59 bits per heavy atom. The van der Waals surface area contributed by atoms with Crippen molar-refractivity contribution in [1.29, 1.82) is 0 Å². The van der Waals surface area contributed by atoms with Crippen LogP contribution in [-0.2, 0) is 10.0 Å². The Morgan fingerprint density at radius 1 is 0.889 bits per heavy atom. The lowest BCUT2D eigenvalue weighted by atomic mass is 10.2. The smallest absolute Gasteiger partial charge is 0.261 e. The van der Waals surface area contributed by atoms with Crippen LogP contribution in [0.5, 0.6) is 5.75 Å². The average Bonchev–Trinajstić information content (AvgIpc) is 2.69. The van der Waals surface area contributed by atoms with E-state index >= 15 is 0 Å². The second-order valence-corrected chi connectivity index (χ2v) is 7.34. The molecule has 0 saturated carbocycles. The van der Waals surface area contributed by atoms with E-state index < -0.39 is 10.0 Å². The van der Waals surface area contributed by atoms with Crippen LogP contribution in [0.15, 0.2) is 83.8 Å². The van der Waals surface area contributed by atoms with E-state index in [1.54, 1.807) is 60.7 Å². The van der Waals surface area contributed by atoms with Crippen molar-refractivity contribution < 1.29 is 17.9 Å². The van der Waals surface area contributed by atoms with Crippen LogP contribution in [0.1, 0.15) is 10.4 Å². The van der Waals surface area contributed by atoms with Gasteiger partial charge in [-0.3, -0.25) is 9.52 Å². The largest absolute Gasteiger partial charge is 0.495 e. The van der Waals surface area contributed by atoms with Crippen molar-refractivity contribution in [2.45, 2.75) is 4.90 Å². The highest BCUT2D eigenvalue weighted by molar-refractivity contribution is 7.92. The third kappa shape index (κ3) is 4.45. The van der Waals surface area contributed by atoms with E-state index in [9.17, 15) is 13.2 Å². The lowest BCUT2D eigenvalue weighted by Crippen LogP contribution is -2.15. The third-order valence-electron chi connectivity index (χ3n) is 3.79. The molecular weight excluding hydrogens is 364 g/mol. The number of ether oxygens (including phenoxy) is 1. The summed E-state index contributed by atoms with van der Waals surface area (Å²) in [6, 6.07) is 21.3. The zero-order valence-electron chi connectivity index (χ0n) is 14.5. The van der Waals surface area contributed by atoms with Gasteiger partial charge in [-0.25, -0.2) is 8.42 Å². The quantitative estimate of drug-likeness (QED) is 0.680. The molecule has 3 rings (SSSR count). The third-order valence-corrected chi connectivity index (χ3v) is 5.18. The van der Waals surface area contributed by atoms with Crippen molar-refractivity contribution in [2.75, 3.05) is 17.1 Å². The molecule has 0 spiro atoms. The summed E-state index contributed by atoms with van der Waals surface area (Å²) in [5.41, 5.74) is 1.14. The Morgan fingerprint density at radius 3 is 2.33 bits per heavy atom. The molecule has 0 bridgehead atoms. The number of para-hydroxylation sites is 2. The topological polar surface area (TPSA) is 84.5 Å². The zero-order valence-corrected chi connectivity index (χ0v) is 15.4. The number of rotatable bonds is 6. The number of hydrogen-bond acceptors (Lipinski definition) is 4. The second kappa shape index (κ2) is 7.92. The first-order chi connectivity index (χ1) is 13.0. The Balaban J connectivity index is 1.80. The van der Waals surface area contributed by atoms with Crippen LogP contribution >= 0.6 is 0 Å². The van der Waals surface area contributed by atoms with Crippen molar-refractivity contribution in [3.8, 4) is 5.75 Å². The Labute approximate surface area is 157 Å². The molecule has 0 aliphatic rings. The minimum absolute atomic E-state index is 0.147. The molecule has 6 nitrogen and oxygen atoms in total. The molecule has 2 N–H and O–H groups in total. The van der Waals surface area contributed by atoms with Crippen LogP contribution in [-0.4, -0.2) is 21.4 Å². The van der Waals surface area contributed by atoms with Crippen molar-refractivity contribution in [1.82, 2.24) is 0 Å². The molecule has 0 atom stereocenters. The van der Waals surface area contributed by atoms with Crippen LogP contribution in [0.3, 0.4) is 0 Å². The lowest BCUT2D eigenvalue weighted by Gasteiger charge is -2.11. The molecule has 3 aromatic rings. The summed E-state index contributed by atoms with van der Waals surface area (Å²) in [6.07, 6.45) is 0. The van der Waals surface area contributed by atoms with Crippen LogP contribution < -0.4 is 14.8 Å². The highest BCUT2D eigenvalue weighted by Crippen LogP contribution is 2.24. The molecule has 0 saturated heterocycles. The van der Waals surface area contributed by atoms with E-state index in [4.69, 9.17) is 4.74 Å². The summed E-state index contributed by atoms with van der Waals surface area (Å²) in [4.78, 5) is 12.7. The Hall–Kier alpha value is -3.32. The predicted octanol–water partition coefficient (Wildman–Crippen LogP) is 3.75. The van der Waals surface area contributed by atoms with Crippen molar-refractivity contribution in [3.63, 3.8) is 0 Å². The fourth-order valence-electron chi connectivity index (χ4n) is 2.48. The van der Waals surface area contributed by atoms with E-state index in [0.29, 0.717) is 22.7 Å². The molecule has 138 valence electrons. The van der Waals surface area contributed by atoms with Gasteiger partial charge in [-0.1, -0.05) is 36.4 Å². The van der Waals surface area contributed by atoms with Gasteiger partial charge in [-0.15, -0.1) is 0 Å². The average molecular weight is 382 g/mol. The summed E-state index contributed by atoms with van der Waals surface area (Å²) in [5, 5.41) is 2.76. The zero-order chi connectivity index (χ0) is 19.3. The van der Waals surface area contributed by atoms with Crippen LogP contribution in [0.4, 0.5) is 11.4 Å². The first-order valence-corrected chi connectivity index (χ1v) is 9.60. The minimum Gasteiger partial charge on any atom is -0.495 e. The summed E-state index contributed by atoms with van der Waals surface area (Å²) in [5.74, 6) is 0.159. The lowest BCUT2D eigenvalue weighted by molar-refractivity contribution is 0.102. The second-order valence-electron chi connectivity index (χ2n) is 5.65. The molecule has 0 radical (unpaired) electrons. The number of hydrogen-bond donors (Lipinski definition) is 2. The highest BCUT2D eigenvalue weighted by atomic mass is 32.2. The first kappa shape index (κ1) is 18.5. The maximum atomic E-state index is 12.5. The molecule has 0 aliphatic heterocycles. The molecule has 7 heteroatoms. The maximum Gasteiger partial charge on any atom is 0.261 e. The van der Waals surface area contributed by atoms with Crippen LogP contribution in [0.2, 0.25) is 0 Å². The number of sulfonamides is 1. The number of anilines is 2. The van der Waals surface area contributed by atoms with Gasteiger partial charge in [0.1, 0.15) is 5.75 Å². The highest BCUT2D eigenvalue weighted by Gasteiger charge is 2.15. The van der Waals surface area contributed by atoms with Crippen molar-refractivity contribution in [2.24, 2.45) is 0 Å². The number of benzene rings is 3. The first-order valence-electron chi connectivity index (χ1n) is 8.12. The van der Waals surface area contributed by atoms with Crippen LogP contribution in [0, 0.1) is 0 Å². The van der Waals surface area contributed by atoms with Gasteiger partial charge in [0, 0.05) is 11.3 Å². The number of carbonyl (C=O) groups is 1. The fraction of sp³-hybridized carbons (Fsp3) is 0.0500. The number of nitrogens with one attached hydrogen (secondary N) is 2. The normalized spacial score (nSPS) is 10.9. The van der Waals surface area contributed by atoms with Gasteiger partial charge in [0.05, 0.1) is 17.7 Å². The maximum absolute atomic E-state index is 12.5. The fourth-order valence-corrected chi connectivity index (χ4v) is 3.55. The molecule has 0 aliphatic carbocycles. The molecule has 0 fully saturated rings. The van der Waals surface area contributed by atoms with Gasteiger partial charge in [-0.05, 0) is 42.5 Å². The predicted molar refractivity (Wildman–Crippen MR) is 105 cm³/mol.